The average Bonchev–Trinajstić information content (AvgIpc) is 3.07. The lowest BCUT2D eigenvalue weighted by Gasteiger charge is -2.37. The number of hydrogen-bond donors (Lipinski definition) is 0. The summed E-state index contributed by atoms with van der Waals surface area (Å²) in [6.07, 6.45) is 8.30. The molecule has 1 aromatic heterocycles. The Labute approximate surface area is 147 Å². The fraction of sp³-hybridized carbons (Fsp3) is 0.588. The second kappa shape index (κ2) is 7.38. The van der Waals surface area contributed by atoms with Gasteiger partial charge in [-0.2, -0.15) is 5.10 Å². The lowest BCUT2D eigenvalue weighted by Crippen LogP contribution is -2.48. The zero-order chi connectivity index (χ0) is 17.1. The second-order valence-electron chi connectivity index (χ2n) is 6.52. The first-order valence-corrected chi connectivity index (χ1v) is 8.86. The number of rotatable bonds is 3. The van der Waals surface area contributed by atoms with Crippen LogP contribution in [0.3, 0.4) is 0 Å². The van der Waals surface area contributed by atoms with Gasteiger partial charge in [0.25, 0.3) is 0 Å². The van der Waals surface area contributed by atoms with Gasteiger partial charge < -0.3 is 9.80 Å². The van der Waals surface area contributed by atoms with E-state index in [1.54, 1.807) is 11.1 Å². The summed E-state index contributed by atoms with van der Waals surface area (Å²) in [6.45, 7) is 6.22. The van der Waals surface area contributed by atoms with E-state index in [1.165, 1.54) is 6.08 Å². The van der Waals surface area contributed by atoms with Crippen LogP contribution in [-0.4, -0.2) is 57.6 Å². The van der Waals surface area contributed by atoms with Crippen molar-refractivity contribution >= 4 is 23.4 Å². The van der Waals surface area contributed by atoms with Gasteiger partial charge in [-0.1, -0.05) is 18.2 Å². The number of piperidine rings is 2. The van der Waals surface area contributed by atoms with E-state index in [9.17, 15) is 9.59 Å². The quantitative estimate of drug-likeness (QED) is 0.785. The molecule has 7 heteroatoms. The molecule has 1 atom stereocenters. The third kappa shape index (κ3) is 3.64. The zero-order valence-electron chi connectivity index (χ0n) is 13.7. The molecule has 0 bridgehead atoms. The molecule has 2 aliphatic rings. The standard InChI is InChI=1S/C17H23ClN4O2/c1-2-16(23)21-7-3-4-13(11-21)17(24)20-8-5-15(6-9-20)22-12-14(18)10-19-22/h2,10,12-13,15H,1,3-9,11H2. The van der Waals surface area contributed by atoms with E-state index in [2.05, 4.69) is 11.7 Å². The number of hydrogen-bond acceptors (Lipinski definition) is 3. The van der Waals surface area contributed by atoms with Crippen LogP contribution in [0, 0.1) is 5.92 Å². The minimum atomic E-state index is -0.0849. The van der Waals surface area contributed by atoms with Crippen molar-refractivity contribution in [2.45, 2.75) is 31.7 Å². The molecule has 2 amide bonds. The van der Waals surface area contributed by atoms with Gasteiger partial charge in [-0.05, 0) is 31.8 Å². The number of nitrogens with zero attached hydrogens (tertiary/aromatic N) is 4. The van der Waals surface area contributed by atoms with E-state index < -0.39 is 0 Å². The molecule has 2 aliphatic heterocycles. The first-order chi connectivity index (χ1) is 11.6. The molecule has 0 spiro atoms. The number of halogens is 1. The minimum absolute atomic E-state index is 0.0817. The van der Waals surface area contributed by atoms with Crippen LogP contribution >= 0.6 is 11.6 Å². The van der Waals surface area contributed by atoms with Gasteiger partial charge in [-0.15, -0.1) is 0 Å². The fourth-order valence-corrected chi connectivity index (χ4v) is 3.78. The van der Waals surface area contributed by atoms with Crippen molar-refractivity contribution in [3.05, 3.63) is 30.1 Å². The molecule has 24 heavy (non-hydrogen) atoms. The van der Waals surface area contributed by atoms with E-state index >= 15 is 0 Å². The predicted molar refractivity (Wildman–Crippen MR) is 91.6 cm³/mol. The molecule has 130 valence electrons. The first kappa shape index (κ1) is 17.0. The molecule has 0 radical (unpaired) electrons. The smallest absolute Gasteiger partial charge is 0.245 e. The summed E-state index contributed by atoms with van der Waals surface area (Å²) in [5, 5.41) is 4.91. The van der Waals surface area contributed by atoms with Crippen molar-refractivity contribution < 1.29 is 9.59 Å². The molecule has 0 aromatic carbocycles. The highest BCUT2D eigenvalue weighted by molar-refractivity contribution is 6.30. The molecular weight excluding hydrogens is 328 g/mol. The Hall–Kier alpha value is -1.82. The van der Waals surface area contributed by atoms with Crippen LogP contribution in [-0.2, 0) is 9.59 Å². The first-order valence-electron chi connectivity index (χ1n) is 8.48. The Bertz CT molecular complexity index is 622. The van der Waals surface area contributed by atoms with Crippen molar-refractivity contribution in [3.63, 3.8) is 0 Å². The van der Waals surface area contributed by atoms with E-state index in [1.807, 2.05) is 15.8 Å². The summed E-state index contributed by atoms with van der Waals surface area (Å²) in [7, 11) is 0. The van der Waals surface area contributed by atoms with Crippen LogP contribution in [0.1, 0.15) is 31.7 Å². The number of amides is 2. The molecule has 1 unspecified atom stereocenters. The molecule has 0 N–H and O–H groups in total. The molecule has 3 heterocycles. The Morgan fingerprint density at radius 3 is 2.58 bits per heavy atom. The molecule has 3 rings (SSSR count). The topological polar surface area (TPSA) is 58.4 Å². The Morgan fingerprint density at radius 1 is 1.21 bits per heavy atom. The minimum Gasteiger partial charge on any atom is -0.342 e. The third-order valence-corrected chi connectivity index (χ3v) is 5.17. The summed E-state index contributed by atoms with van der Waals surface area (Å²) in [6, 6.07) is 0.298. The SMILES string of the molecule is C=CC(=O)N1CCCC(C(=O)N2CCC(n3cc(Cl)cn3)CC2)C1. The highest BCUT2D eigenvalue weighted by Gasteiger charge is 2.32. The van der Waals surface area contributed by atoms with Gasteiger partial charge in [0.2, 0.25) is 11.8 Å². The normalized spacial score (nSPS) is 22.5. The van der Waals surface area contributed by atoms with Crippen LogP contribution in [0.25, 0.3) is 0 Å². The molecule has 1 aromatic rings. The van der Waals surface area contributed by atoms with Gasteiger partial charge in [0.15, 0.2) is 0 Å². The van der Waals surface area contributed by atoms with Gasteiger partial charge in [0, 0.05) is 32.4 Å². The van der Waals surface area contributed by atoms with Crippen molar-refractivity contribution in [1.29, 1.82) is 0 Å². The molecule has 0 saturated carbocycles. The van der Waals surface area contributed by atoms with E-state index in [0.717, 1.165) is 45.3 Å². The predicted octanol–water partition coefficient (Wildman–Crippen LogP) is 2.12. The van der Waals surface area contributed by atoms with Gasteiger partial charge in [0.05, 0.1) is 23.2 Å². The Morgan fingerprint density at radius 2 is 1.96 bits per heavy atom. The van der Waals surface area contributed by atoms with Gasteiger partial charge in [-0.25, -0.2) is 0 Å². The van der Waals surface area contributed by atoms with Crippen LogP contribution in [0.4, 0.5) is 0 Å². The number of likely N-dealkylation sites (tertiary alicyclic amines) is 2. The van der Waals surface area contributed by atoms with Crippen molar-refractivity contribution in [2.75, 3.05) is 26.2 Å². The highest BCUT2D eigenvalue weighted by Crippen LogP contribution is 2.26. The summed E-state index contributed by atoms with van der Waals surface area (Å²) in [4.78, 5) is 28.2. The third-order valence-electron chi connectivity index (χ3n) is 4.98. The summed E-state index contributed by atoms with van der Waals surface area (Å²) in [5.74, 6) is 0.00799. The molecule has 6 nitrogen and oxygen atoms in total. The van der Waals surface area contributed by atoms with Crippen LogP contribution < -0.4 is 0 Å². The molecule has 2 saturated heterocycles. The van der Waals surface area contributed by atoms with Crippen LogP contribution in [0.2, 0.25) is 5.02 Å². The molecular formula is C17H23ClN4O2. The molecule has 0 aliphatic carbocycles. The highest BCUT2D eigenvalue weighted by atomic mass is 35.5. The summed E-state index contributed by atoms with van der Waals surface area (Å²) in [5.41, 5.74) is 0. The van der Waals surface area contributed by atoms with Gasteiger partial charge in [0.1, 0.15) is 0 Å². The average molecular weight is 351 g/mol. The van der Waals surface area contributed by atoms with Crippen molar-refractivity contribution in [1.82, 2.24) is 19.6 Å². The Balaban J connectivity index is 1.55. The maximum absolute atomic E-state index is 12.8. The van der Waals surface area contributed by atoms with Crippen LogP contribution in [0.5, 0.6) is 0 Å². The lowest BCUT2D eigenvalue weighted by atomic mass is 9.95. The second-order valence-corrected chi connectivity index (χ2v) is 6.96. The Kier molecular flexibility index (Phi) is 5.23. The largest absolute Gasteiger partial charge is 0.342 e. The maximum atomic E-state index is 12.8. The van der Waals surface area contributed by atoms with E-state index in [-0.39, 0.29) is 17.7 Å². The van der Waals surface area contributed by atoms with Crippen molar-refractivity contribution in [3.8, 4) is 0 Å². The fourth-order valence-electron chi connectivity index (χ4n) is 3.63. The number of carbonyl (C=O) groups excluding carboxylic acids is 2. The number of carbonyl (C=O) groups is 2. The zero-order valence-corrected chi connectivity index (χ0v) is 14.5. The maximum Gasteiger partial charge on any atom is 0.245 e. The lowest BCUT2D eigenvalue weighted by molar-refractivity contribution is -0.140. The van der Waals surface area contributed by atoms with Crippen molar-refractivity contribution in [2.24, 2.45) is 5.92 Å². The van der Waals surface area contributed by atoms with Crippen LogP contribution in [0.15, 0.2) is 25.0 Å². The monoisotopic (exact) mass is 350 g/mol. The van der Waals surface area contributed by atoms with Gasteiger partial charge in [-0.3, -0.25) is 14.3 Å². The van der Waals surface area contributed by atoms with E-state index in [0.29, 0.717) is 17.6 Å². The molecule has 2 fully saturated rings. The summed E-state index contributed by atoms with van der Waals surface area (Å²) >= 11 is 5.92. The number of aromatic nitrogens is 2. The van der Waals surface area contributed by atoms with E-state index in [4.69, 9.17) is 11.6 Å². The van der Waals surface area contributed by atoms with Gasteiger partial charge >= 0.3 is 0 Å². The summed E-state index contributed by atoms with van der Waals surface area (Å²) < 4.78 is 1.90.